The minimum Gasteiger partial charge on any atom is -0.456 e. The number of furan rings is 1. The Labute approximate surface area is 174 Å². The van der Waals surface area contributed by atoms with Crippen molar-refractivity contribution in [2.75, 3.05) is 7.05 Å². The van der Waals surface area contributed by atoms with Crippen LogP contribution in [0.25, 0.3) is 28.2 Å². The first kappa shape index (κ1) is 19.6. The Morgan fingerprint density at radius 1 is 1.21 bits per heavy atom. The number of fused-ring (bicyclic) bond motifs is 1. The highest BCUT2D eigenvalue weighted by molar-refractivity contribution is 8.18. The molecule has 1 aliphatic rings. The molecular weight excluding hydrogens is 438 g/mol. The lowest BCUT2D eigenvalue weighted by Crippen LogP contribution is -2.18. The summed E-state index contributed by atoms with van der Waals surface area (Å²) >= 11 is 7.13. The zero-order valence-electron chi connectivity index (χ0n) is 14.7. The van der Waals surface area contributed by atoms with Crippen LogP contribution in [0.1, 0.15) is 5.76 Å². The van der Waals surface area contributed by atoms with Gasteiger partial charge >= 0.3 is 0 Å². The van der Waals surface area contributed by atoms with Crippen molar-refractivity contribution < 1.29 is 22.4 Å². The van der Waals surface area contributed by atoms with Gasteiger partial charge in [0.05, 0.1) is 9.80 Å². The lowest BCUT2D eigenvalue weighted by molar-refractivity contribution is -0.115. The number of benzene rings is 1. The van der Waals surface area contributed by atoms with Crippen LogP contribution in [0.4, 0.5) is 4.79 Å². The second-order valence-corrected chi connectivity index (χ2v) is 9.26. The molecule has 1 saturated heterocycles. The van der Waals surface area contributed by atoms with Crippen LogP contribution in [0, 0.1) is 0 Å². The molecule has 2 aromatic heterocycles. The number of carbonyl (C=O) groups excluding carboxylic acids is 2. The summed E-state index contributed by atoms with van der Waals surface area (Å²) in [5, 5.41) is 2.61. The van der Waals surface area contributed by atoms with Gasteiger partial charge in [-0.2, -0.15) is 0 Å². The molecule has 3 heterocycles. The predicted molar refractivity (Wildman–Crippen MR) is 110 cm³/mol. The molecule has 2 N–H and O–H groups in total. The van der Waals surface area contributed by atoms with E-state index in [0.717, 1.165) is 11.8 Å². The number of aromatic nitrogens is 1. The molecule has 0 saturated carbocycles. The van der Waals surface area contributed by atoms with E-state index in [1.165, 1.54) is 25.3 Å². The summed E-state index contributed by atoms with van der Waals surface area (Å²) < 4.78 is 32.0. The predicted octanol–water partition coefficient (Wildman–Crippen LogP) is 3.38. The maximum absolute atomic E-state index is 12.0. The van der Waals surface area contributed by atoms with Crippen molar-refractivity contribution in [3.8, 4) is 11.1 Å². The van der Waals surface area contributed by atoms with Crippen LogP contribution in [0.15, 0.2) is 50.9 Å². The molecule has 0 atom stereocenters. The van der Waals surface area contributed by atoms with Gasteiger partial charge < -0.3 is 4.42 Å². The monoisotopic (exact) mass is 449 g/mol. The number of rotatable bonds is 4. The maximum Gasteiger partial charge on any atom is 0.290 e. The van der Waals surface area contributed by atoms with Crippen molar-refractivity contribution in [1.82, 2.24) is 15.0 Å². The molecule has 2 amide bonds. The highest BCUT2D eigenvalue weighted by Gasteiger charge is 2.25. The average molecular weight is 450 g/mol. The average Bonchev–Trinajstić information content (AvgIpc) is 3.23. The molecule has 1 fully saturated rings. The first-order chi connectivity index (χ1) is 13.8. The Bertz CT molecular complexity index is 1310. The number of hydrogen-bond donors (Lipinski definition) is 2. The molecule has 11 heteroatoms. The SMILES string of the molecule is CNS(=O)(=O)c1ccc(-c2cncc3cc(/C=C4\SC(=O)NC4=O)oc23)c(Cl)c1. The van der Waals surface area contributed by atoms with Gasteiger partial charge in [-0.1, -0.05) is 17.7 Å². The van der Waals surface area contributed by atoms with E-state index >= 15 is 0 Å². The molecule has 1 aromatic carbocycles. The van der Waals surface area contributed by atoms with Crippen LogP contribution in [0.3, 0.4) is 0 Å². The van der Waals surface area contributed by atoms with Gasteiger partial charge in [0.2, 0.25) is 10.0 Å². The maximum atomic E-state index is 12.0. The van der Waals surface area contributed by atoms with E-state index in [1.807, 2.05) is 0 Å². The van der Waals surface area contributed by atoms with Crippen molar-refractivity contribution in [1.29, 1.82) is 0 Å². The molecule has 0 spiro atoms. The number of thioether (sulfide) groups is 1. The lowest BCUT2D eigenvalue weighted by atomic mass is 10.1. The number of pyridine rings is 1. The van der Waals surface area contributed by atoms with Gasteiger partial charge in [0, 0.05) is 40.0 Å². The lowest BCUT2D eigenvalue weighted by Gasteiger charge is -2.08. The van der Waals surface area contributed by atoms with Crippen molar-refractivity contribution in [2.24, 2.45) is 0 Å². The van der Waals surface area contributed by atoms with Crippen LogP contribution < -0.4 is 10.0 Å². The summed E-state index contributed by atoms with van der Waals surface area (Å²) in [6.45, 7) is 0. The Morgan fingerprint density at radius 2 is 2.00 bits per heavy atom. The second-order valence-electron chi connectivity index (χ2n) is 5.96. The van der Waals surface area contributed by atoms with E-state index in [9.17, 15) is 18.0 Å². The Kier molecular flexibility index (Phi) is 4.95. The summed E-state index contributed by atoms with van der Waals surface area (Å²) in [5.41, 5.74) is 1.56. The summed E-state index contributed by atoms with van der Waals surface area (Å²) in [4.78, 5) is 27.5. The van der Waals surface area contributed by atoms with Gasteiger partial charge in [0.15, 0.2) is 0 Å². The Balaban J connectivity index is 1.80. The van der Waals surface area contributed by atoms with Gasteiger partial charge in [0.1, 0.15) is 11.3 Å². The van der Waals surface area contributed by atoms with Crippen molar-refractivity contribution >= 4 is 61.6 Å². The summed E-state index contributed by atoms with van der Waals surface area (Å²) in [6.07, 6.45) is 4.61. The van der Waals surface area contributed by atoms with Gasteiger partial charge in [-0.05, 0) is 37.0 Å². The minimum atomic E-state index is -3.63. The summed E-state index contributed by atoms with van der Waals surface area (Å²) in [5.74, 6) is -0.115. The number of sulfonamides is 1. The largest absolute Gasteiger partial charge is 0.456 e. The van der Waals surface area contributed by atoms with E-state index in [4.69, 9.17) is 16.0 Å². The minimum absolute atomic E-state index is 0.0349. The molecule has 0 unspecified atom stereocenters. The Hall–Kier alpha value is -2.66. The molecule has 8 nitrogen and oxygen atoms in total. The molecule has 148 valence electrons. The fourth-order valence-corrected chi connectivity index (χ4v) is 4.56. The van der Waals surface area contributed by atoms with E-state index < -0.39 is 21.2 Å². The first-order valence-electron chi connectivity index (χ1n) is 8.14. The van der Waals surface area contributed by atoms with Gasteiger partial charge in [0.25, 0.3) is 11.1 Å². The molecule has 1 aliphatic heterocycles. The fourth-order valence-electron chi connectivity index (χ4n) is 2.79. The Morgan fingerprint density at radius 3 is 2.66 bits per heavy atom. The van der Waals surface area contributed by atoms with Crippen LogP contribution >= 0.6 is 23.4 Å². The number of amides is 2. The van der Waals surface area contributed by atoms with Gasteiger partial charge in [-0.15, -0.1) is 0 Å². The zero-order chi connectivity index (χ0) is 20.8. The summed E-state index contributed by atoms with van der Waals surface area (Å²) in [6, 6.07) is 6.03. The zero-order valence-corrected chi connectivity index (χ0v) is 17.1. The van der Waals surface area contributed by atoms with E-state index in [1.54, 1.807) is 24.5 Å². The number of nitrogens with one attached hydrogen (secondary N) is 2. The molecule has 3 aromatic rings. The van der Waals surface area contributed by atoms with Crippen molar-refractivity contribution in [2.45, 2.75) is 4.90 Å². The third kappa shape index (κ3) is 3.67. The normalized spacial score (nSPS) is 16.0. The van der Waals surface area contributed by atoms with E-state index in [-0.39, 0.29) is 14.8 Å². The number of nitrogens with zero attached hydrogens (tertiary/aromatic N) is 1. The fraction of sp³-hybridized carbons (Fsp3) is 0.0556. The molecule has 0 bridgehead atoms. The molecule has 29 heavy (non-hydrogen) atoms. The standard InChI is InChI=1S/C18H12ClN3O5S2/c1-20-29(25,26)11-2-3-12(14(19)6-11)13-8-21-7-9-4-10(27-16(9)13)5-15-17(23)22-18(24)28-15/h2-8,20H,1H3,(H,22,23,24)/b15-5-. The van der Waals surface area contributed by atoms with E-state index in [0.29, 0.717) is 27.9 Å². The van der Waals surface area contributed by atoms with Gasteiger partial charge in [-0.25, -0.2) is 13.1 Å². The second kappa shape index (κ2) is 7.30. The number of hydrogen-bond acceptors (Lipinski definition) is 7. The van der Waals surface area contributed by atoms with Crippen molar-refractivity contribution in [3.05, 3.63) is 52.3 Å². The highest BCUT2D eigenvalue weighted by atomic mass is 35.5. The summed E-state index contributed by atoms with van der Waals surface area (Å²) in [7, 11) is -2.31. The molecule has 4 rings (SSSR count). The van der Waals surface area contributed by atoms with Gasteiger partial charge in [-0.3, -0.25) is 19.9 Å². The number of halogens is 1. The highest BCUT2D eigenvalue weighted by Crippen LogP contribution is 2.36. The third-order valence-electron chi connectivity index (χ3n) is 4.17. The van der Waals surface area contributed by atoms with Crippen LogP contribution in [0.5, 0.6) is 0 Å². The number of imide groups is 1. The third-order valence-corrected chi connectivity index (χ3v) is 6.70. The van der Waals surface area contributed by atoms with E-state index in [2.05, 4.69) is 15.0 Å². The van der Waals surface area contributed by atoms with Crippen LogP contribution in [0.2, 0.25) is 5.02 Å². The van der Waals surface area contributed by atoms with Crippen molar-refractivity contribution in [3.63, 3.8) is 0 Å². The van der Waals surface area contributed by atoms with Crippen LogP contribution in [-0.4, -0.2) is 31.6 Å². The quantitative estimate of drug-likeness (QED) is 0.586. The molecule has 0 aliphatic carbocycles. The molecule has 0 radical (unpaired) electrons. The molecular formula is C18H12ClN3O5S2. The topological polar surface area (TPSA) is 118 Å². The smallest absolute Gasteiger partial charge is 0.290 e. The van der Waals surface area contributed by atoms with Crippen LogP contribution in [-0.2, 0) is 14.8 Å². The number of carbonyl (C=O) groups is 2. The first-order valence-corrected chi connectivity index (χ1v) is 10.8.